The molecule has 5 heteroatoms. The van der Waals surface area contributed by atoms with Gasteiger partial charge in [-0.05, 0) is 12.6 Å². The van der Waals surface area contributed by atoms with Gasteiger partial charge in [-0.1, -0.05) is 30.7 Å². The number of morpholine rings is 1. The maximum Gasteiger partial charge on any atom is 0.143 e. The molecule has 1 fully saturated rings. The summed E-state index contributed by atoms with van der Waals surface area (Å²) >= 11 is 6.09. The molecule has 1 unspecified atom stereocenters. The second kappa shape index (κ2) is 7.10. The van der Waals surface area contributed by atoms with Crippen LogP contribution in [0, 0.1) is 0 Å². The maximum atomic E-state index is 9.28. The Kier molecular flexibility index (Phi) is 5.45. The Labute approximate surface area is 118 Å². The maximum absolute atomic E-state index is 9.28. The Bertz CT molecular complexity index is 414. The lowest BCUT2D eigenvalue weighted by Gasteiger charge is -2.32. The predicted molar refractivity (Wildman–Crippen MR) is 74.7 cm³/mol. The van der Waals surface area contributed by atoms with E-state index in [-0.39, 0.29) is 12.7 Å². The number of rotatable bonds is 5. The molecule has 1 atom stereocenters. The Morgan fingerprint density at radius 3 is 3.11 bits per heavy atom. The highest BCUT2D eigenvalue weighted by Gasteiger charge is 2.20. The van der Waals surface area contributed by atoms with E-state index in [4.69, 9.17) is 21.1 Å². The summed E-state index contributed by atoms with van der Waals surface area (Å²) in [5.74, 6) is 0.559. The van der Waals surface area contributed by atoms with Crippen LogP contribution in [0.1, 0.15) is 12.5 Å². The van der Waals surface area contributed by atoms with Crippen molar-refractivity contribution in [3.63, 3.8) is 0 Å². The summed E-state index contributed by atoms with van der Waals surface area (Å²) in [7, 11) is 0. The minimum atomic E-state index is -0.0809. The molecule has 4 nitrogen and oxygen atoms in total. The Balaban J connectivity index is 1.95. The van der Waals surface area contributed by atoms with Crippen molar-refractivity contribution in [3.8, 4) is 5.75 Å². The number of aliphatic hydroxyl groups is 1. The van der Waals surface area contributed by atoms with Crippen molar-refractivity contribution in [2.45, 2.75) is 19.6 Å². The monoisotopic (exact) mass is 285 g/mol. The number of halogens is 1. The molecular weight excluding hydrogens is 266 g/mol. The number of hydrogen-bond acceptors (Lipinski definition) is 4. The Morgan fingerprint density at radius 2 is 2.37 bits per heavy atom. The normalized spacial score (nSPS) is 20.5. The average molecular weight is 286 g/mol. The van der Waals surface area contributed by atoms with Gasteiger partial charge in [-0.3, -0.25) is 4.90 Å². The Hall–Kier alpha value is -0.810. The van der Waals surface area contributed by atoms with Gasteiger partial charge in [-0.25, -0.2) is 0 Å². The summed E-state index contributed by atoms with van der Waals surface area (Å²) in [6.45, 7) is 6.11. The standard InChI is InChI=1S/C14H20ClNO3/c1-2-16-6-7-18-12(8-16)10-19-14-11(9-17)4-3-5-13(14)15/h3-5,12,17H,2,6-10H2,1H3. The van der Waals surface area contributed by atoms with Crippen LogP contribution in [-0.2, 0) is 11.3 Å². The summed E-state index contributed by atoms with van der Waals surface area (Å²) in [6, 6.07) is 5.37. The fourth-order valence-electron chi connectivity index (χ4n) is 2.18. The fourth-order valence-corrected chi connectivity index (χ4v) is 2.43. The van der Waals surface area contributed by atoms with Gasteiger partial charge in [0, 0.05) is 18.7 Å². The number of aliphatic hydroxyl groups excluding tert-OH is 1. The molecule has 0 aromatic heterocycles. The zero-order valence-corrected chi connectivity index (χ0v) is 11.9. The van der Waals surface area contributed by atoms with Crippen LogP contribution in [0.5, 0.6) is 5.75 Å². The average Bonchev–Trinajstić information content (AvgIpc) is 2.46. The highest BCUT2D eigenvalue weighted by atomic mass is 35.5. The Morgan fingerprint density at radius 1 is 1.53 bits per heavy atom. The molecule has 1 aromatic carbocycles. The summed E-state index contributed by atoms with van der Waals surface area (Å²) in [5, 5.41) is 9.80. The third kappa shape index (κ3) is 3.83. The molecule has 1 aliphatic heterocycles. The number of para-hydroxylation sites is 1. The molecule has 0 bridgehead atoms. The minimum absolute atomic E-state index is 0.0523. The quantitative estimate of drug-likeness (QED) is 0.898. The van der Waals surface area contributed by atoms with E-state index in [0.29, 0.717) is 22.9 Å². The van der Waals surface area contributed by atoms with Crippen molar-refractivity contribution in [1.29, 1.82) is 0 Å². The van der Waals surface area contributed by atoms with Crippen LogP contribution in [0.2, 0.25) is 5.02 Å². The van der Waals surface area contributed by atoms with Crippen molar-refractivity contribution in [2.75, 3.05) is 32.8 Å². The zero-order valence-electron chi connectivity index (χ0n) is 11.1. The number of nitrogens with zero attached hydrogens (tertiary/aromatic N) is 1. The van der Waals surface area contributed by atoms with Crippen molar-refractivity contribution in [3.05, 3.63) is 28.8 Å². The molecule has 1 aliphatic rings. The largest absolute Gasteiger partial charge is 0.489 e. The van der Waals surface area contributed by atoms with Crippen molar-refractivity contribution in [2.24, 2.45) is 0 Å². The first-order valence-electron chi connectivity index (χ1n) is 6.59. The van der Waals surface area contributed by atoms with Gasteiger partial charge in [-0.2, -0.15) is 0 Å². The zero-order chi connectivity index (χ0) is 13.7. The van der Waals surface area contributed by atoms with E-state index in [2.05, 4.69) is 11.8 Å². The van der Waals surface area contributed by atoms with Gasteiger partial charge in [0.15, 0.2) is 0 Å². The van der Waals surface area contributed by atoms with Gasteiger partial charge in [0.25, 0.3) is 0 Å². The molecule has 106 valence electrons. The summed E-state index contributed by atoms with van der Waals surface area (Å²) in [6.07, 6.45) is 0.0523. The van der Waals surface area contributed by atoms with Crippen LogP contribution in [0.3, 0.4) is 0 Å². The molecular formula is C14H20ClNO3. The van der Waals surface area contributed by atoms with Crippen LogP contribution in [0.4, 0.5) is 0 Å². The second-order valence-corrected chi connectivity index (χ2v) is 4.99. The number of benzene rings is 1. The molecule has 2 rings (SSSR count). The van der Waals surface area contributed by atoms with Crippen LogP contribution in [0.15, 0.2) is 18.2 Å². The van der Waals surface area contributed by atoms with Crippen LogP contribution < -0.4 is 4.74 Å². The molecule has 0 spiro atoms. The van der Waals surface area contributed by atoms with E-state index in [9.17, 15) is 5.11 Å². The van der Waals surface area contributed by atoms with Gasteiger partial charge in [0.1, 0.15) is 18.5 Å². The number of ether oxygens (including phenoxy) is 2. The molecule has 1 heterocycles. The highest BCUT2D eigenvalue weighted by molar-refractivity contribution is 6.32. The summed E-state index contributed by atoms with van der Waals surface area (Å²) in [5.41, 5.74) is 0.704. The first-order valence-corrected chi connectivity index (χ1v) is 6.97. The molecule has 0 amide bonds. The topological polar surface area (TPSA) is 41.9 Å². The molecule has 19 heavy (non-hydrogen) atoms. The number of hydrogen-bond donors (Lipinski definition) is 1. The van der Waals surface area contributed by atoms with E-state index in [0.717, 1.165) is 26.2 Å². The molecule has 0 radical (unpaired) electrons. The number of likely N-dealkylation sites (N-methyl/N-ethyl adjacent to an activating group) is 1. The van der Waals surface area contributed by atoms with E-state index >= 15 is 0 Å². The van der Waals surface area contributed by atoms with Gasteiger partial charge in [-0.15, -0.1) is 0 Å². The van der Waals surface area contributed by atoms with Crippen LogP contribution >= 0.6 is 11.6 Å². The van der Waals surface area contributed by atoms with E-state index in [1.165, 1.54) is 0 Å². The fraction of sp³-hybridized carbons (Fsp3) is 0.571. The van der Waals surface area contributed by atoms with Crippen LogP contribution in [-0.4, -0.2) is 49.0 Å². The predicted octanol–water partition coefficient (Wildman–Crippen LogP) is 1.93. The van der Waals surface area contributed by atoms with Crippen LogP contribution in [0.25, 0.3) is 0 Å². The van der Waals surface area contributed by atoms with Gasteiger partial charge in [0.05, 0.1) is 18.2 Å². The van der Waals surface area contributed by atoms with Gasteiger partial charge >= 0.3 is 0 Å². The van der Waals surface area contributed by atoms with Crippen molar-refractivity contribution in [1.82, 2.24) is 4.90 Å². The first kappa shape index (κ1) is 14.6. The summed E-state index contributed by atoms with van der Waals surface area (Å²) < 4.78 is 11.4. The molecule has 1 aromatic rings. The molecule has 1 saturated heterocycles. The van der Waals surface area contributed by atoms with E-state index in [1.807, 2.05) is 0 Å². The van der Waals surface area contributed by atoms with Crippen molar-refractivity contribution < 1.29 is 14.6 Å². The SMILES string of the molecule is CCN1CCOC(COc2c(Cl)cccc2CO)C1. The minimum Gasteiger partial charge on any atom is -0.489 e. The highest BCUT2D eigenvalue weighted by Crippen LogP contribution is 2.29. The smallest absolute Gasteiger partial charge is 0.143 e. The van der Waals surface area contributed by atoms with Gasteiger partial charge in [0.2, 0.25) is 0 Å². The molecule has 0 saturated carbocycles. The summed E-state index contributed by atoms with van der Waals surface area (Å²) in [4.78, 5) is 2.33. The van der Waals surface area contributed by atoms with Gasteiger partial charge < -0.3 is 14.6 Å². The third-order valence-electron chi connectivity index (χ3n) is 3.30. The lowest BCUT2D eigenvalue weighted by Crippen LogP contribution is -2.44. The molecule has 1 N–H and O–H groups in total. The van der Waals surface area contributed by atoms with E-state index < -0.39 is 0 Å². The first-order chi connectivity index (χ1) is 9.24. The van der Waals surface area contributed by atoms with E-state index in [1.54, 1.807) is 18.2 Å². The lowest BCUT2D eigenvalue weighted by molar-refractivity contribution is -0.0466. The third-order valence-corrected chi connectivity index (χ3v) is 3.60. The van der Waals surface area contributed by atoms with Crippen molar-refractivity contribution >= 4 is 11.6 Å². The molecule has 0 aliphatic carbocycles. The lowest BCUT2D eigenvalue weighted by atomic mass is 10.2. The second-order valence-electron chi connectivity index (χ2n) is 4.58.